The summed E-state index contributed by atoms with van der Waals surface area (Å²) >= 11 is 0.381. The molecule has 0 amide bonds. The SMILES string of the molecule is CSc1ccc2c(=O)c([S+](C)[O-])cn(C)c2c1. The molecule has 1 heterocycles. The second kappa shape index (κ2) is 4.76. The van der Waals surface area contributed by atoms with Crippen molar-refractivity contribution < 1.29 is 4.55 Å². The molecule has 0 spiro atoms. The maximum absolute atomic E-state index is 12.1. The number of thioether (sulfide) groups is 1. The van der Waals surface area contributed by atoms with Crippen LogP contribution in [0.25, 0.3) is 10.9 Å². The third kappa shape index (κ3) is 2.22. The van der Waals surface area contributed by atoms with Gasteiger partial charge in [-0.1, -0.05) is 0 Å². The van der Waals surface area contributed by atoms with Crippen LogP contribution >= 0.6 is 11.8 Å². The number of hydrogen-bond acceptors (Lipinski definition) is 3. The molecule has 1 aromatic carbocycles. The minimum Gasteiger partial charge on any atom is -0.612 e. The van der Waals surface area contributed by atoms with Gasteiger partial charge in [0.05, 0.1) is 17.1 Å². The highest BCUT2D eigenvalue weighted by atomic mass is 32.2. The van der Waals surface area contributed by atoms with Crippen molar-refractivity contribution in [1.29, 1.82) is 0 Å². The molecule has 1 atom stereocenters. The van der Waals surface area contributed by atoms with Crippen molar-refractivity contribution in [3.63, 3.8) is 0 Å². The molecule has 1 aromatic heterocycles. The van der Waals surface area contributed by atoms with Crippen LogP contribution in [0, 0.1) is 0 Å². The summed E-state index contributed by atoms with van der Waals surface area (Å²) in [5, 5.41) is 0.623. The summed E-state index contributed by atoms with van der Waals surface area (Å²) in [6.07, 6.45) is 5.18. The van der Waals surface area contributed by atoms with Gasteiger partial charge < -0.3 is 9.12 Å². The van der Waals surface area contributed by atoms with Crippen LogP contribution in [0.5, 0.6) is 0 Å². The molecule has 5 heteroatoms. The van der Waals surface area contributed by atoms with Crippen molar-refractivity contribution in [1.82, 2.24) is 4.57 Å². The summed E-state index contributed by atoms with van der Waals surface area (Å²) in [5.41, 5.74) is 0.739. The van der Waals surface area contributed by atoms with E-state index in [0.29, 0.717) is 10.3 Å². The fraction of sp³-hybridized carbons (Fsp3) is 0.250. The topological polar surface area (TPSA) is 45.1 Å². The van der Waals surface area contributed by atoms with Gasteiger partial charge in [-0.3, -0.25) is 4.79 Å². The Hall–Kier alpha value is -0.910. The highest BCUT2D eigenvalue weighted by molar-refractivity contribution is 7.98. The van der Waals surface area contributed by atoms with Gasteiger partial charge in [0.15, 0.2) is 0 Å². The second-order valence-electron chi connectivity index (χ2n) is 3.77. The molecule has 2 rings (SSSR count). The van der Waals surface area contributed by atoms with E-state index in [2.05, 4.69) is 0 Å². The molecule has 1 unspecified atom stereocenters. The third-order valence-electron chi connectivity index (χ3n) is 2.67. The quantitative estimate of drug-likeness (QED) is 0.617. The van der Waals surface area contributed by atoms with Gasteiger partial charge in [0.1, 0.15) is 6.26 Å². The number of fused-ring (bicyclic) bond motifs is 1. The van der Waals surface area contributed by atoms with Gasteiger partial charge in [0, 0.05) is 11.9 Å². The molecule has 17 heavy (non-hydrogen) atoms. The Bertz CT molecular complexity index is 620. The Morgan fingerprint density at radius 1 is 1.41 bits per heavy atom. The van der Waals surface area contributed by atoms with Crippen LogP contribution in [-0.4, -0.2) is 21.6 Å². The summed E-state index contributed by atoms with van der Waals surface area (Å²) in [5.74, 6) is 0. The maximum atomic E-state index is 12.1. The number of benzene rings is 1. The van der Waals surface area contributed by atoms with Gasteiger partial charge in [-0.25, -0.2) is 0 Å². The molecule has 2 aromatic rings. The molecular formula is C12H13NO2S2. The largest absolute Gasteiger partial charge is 0.612 e. The lowest BCUT2D eigenvalue weighted by Gasteiger charge is -2.10. The van der Waals surface area contributed by atoms with Crippen LogP contribution in [0.15, 0.2) is 39.0 Å². The van der Waals surface area contributed by atoms with Gasteiger partial charge >= 0.3 is 0 Å². The molecule has 0 radical (unpaired) electrons. The first kappa shape index (κ1) is 12.5. The lowest BCUT2D eigenvalue weighted by molar-refractivity contribution is 0.599. The third-order valence-corrected chi connectivity index (χ3v) is 4.31. The van der Waals surface area contributed by atoms with E-state index >= 15 is 0 Å². The van der Waals surface area contributed by atoms with Crippen molar-refractivity contribution in [2.45, 2.75) is 9.79 Å². The Balaban J connectivity index is 2.83. The molecule has 0 saturated heterocycles. The molecule has 0 bridgehead atoms. The normalized spacial score (nSPS) is 12.9. The number of nitrogens with zero attached hydrogens (tertiary/aromatic N) is 1. The summed E-state index contributed by atoms with van der Waals surface area (Å²) in [6.45, 7) is 0. The van der Waals surface area contributed by atoms with E-state index in [1.54, 1.807) is 24.0 Å². The zero-order valence-corrected chi connectivity index (χ0v) is 11.5. The predicted molar refractivity (Wildman–Crippen MR) is 73.3 cm³/mol. The van der Waals surface area contributed by atoms with Crippen LogP contribution in [0.2, 0.25) is 0 Å². The number of rotatable bonds is 2. The van der Waals surface area contributed by atoms with Crippen LogP contribution in [0.3, 0.4) is 0 Å². The molecule has 0 aliphatic heterocycles. The Morgan fingerprint density at radius 3 is 2.71 bits per heavy atom. The minimum absolute atomic E-state index is 0.133. The van der Waals surface area contributed by atoms with E-state index in [9.17, 15) is 9.35 Å². The molecule has 0 N–H and O–H groups in total. The van der Waals surface area contributed by atoms with E-state index in [1.807, 2.05) is 30.0 Å². The fourth-order valence-electron chi connectivity index (χ4n) is 1.76. The standard InChI is InChI=1S/C12H13NO2S2/c1-13-7-11(17(3)15)12(14)9-5-4-8(16-2)6-10(9)13/h4-7H,1-3H3. The summed E-state index contributed by atoms with van der Waals surface area (Å²) < 4.78 is 13.3. The number of hydrogen-bond donors (Lipinski definition) is 0. The Kier molecular flexibility index (Phi) is 3.51. The van der Waals surface area contributed by atoms with Gasteiger partial charge in [0.2, 0.25) is 10.3 Å². The van der Waals surface area contributed by atoms with E-state index < -0.39 is 11.2 Å². The molecule has 90 valence electrons. The van der Waals surface area contributed by atoms with Gasteiger partial charge in [-0.2, -0.15) is 0 Å². The molecule has 0 saturated carbocycles. The summed E-state index contributed by atoms with van der Waals surface area (Å²) in [6, 6.07) is 5.69. The molecular weight excluding hydrogens is 254 g/mol. The maximum Gasteiger partial charge on any atom is 0.244 e. The summed E-state index contributed by atoms with van der Waals surface area (Å²) in [7, 11) is 1.86. The number of aromatic nitrogens is 1. The zero-order chi connectivity index (χ0) is 12.6. The van der Waals surface area contributed by atoms with E-state index in [0.717, 1.165) is 10.4 Å². The van der Waals surface area contributed by atoms with Crippen LogP contribution in [0.4, 0.5) is 0 Å². The van der Waals surface area contributed by atoms with Crippen molar-refractivity contribution >= 4 is 33.8 Å². The Labute approximate surface area is 107 Å². The lowest BCUT2D eigenvalue weighted by Crippen LogP contribution is -2.17. The second-order valence-corrected chi connectivity index (χ2v) is 6.00. The predicted octanol–water partition coefficient (Wildman–Crippen LogP) is 2.00. The van der Waals surface area contributed by atoms with E-state index in [1.165, 1.54) is 6.26 Å². The molecule has 3 nitrogen and oxygen atoms in total. The van der Waals surface area contributed by atoms with Crippen LogP contribution < -0.4 is 5.43 Å². The lowest BCUT2D eigenvalue weighted by atomic mass is 10.2. The smallest absolute Gasteiger partial charge is 0.244 e. The average Bonchev–Trinajstić information content (AvgIpc) is 2.32. The number of pyridine rings is 1. The number of aryl methyl sites for hydroxylation is 1. The Morgan fingerprint density at radius 2 is 2.12 bits per heavy atom. The van der Waals surface area contributed by atoms with Crippen molar-refractivity contribution in [2.24, 2.45) is 7.05 Å². The van der Waals surface area contributed by atoms with Crippen LogP contribution in [-0.2, 0) is 18.2 Å². The first-order valence-electron chi connectivity index (χ1n) is 5.05. The highest BCUT2D eigenvalue weighted by Crippen LogP contribution is 2.20. The van der Waals surface area contributed by atoms with E-state index in [-0.39, 0.29) is 5.43 Å². The average molecular weight is 267 g/mol. The molecule has 0 aliphatic rings. The van der Waals surface area contributed by atoms with Gasteiger partial charge in [-0.15, -0.1) is 11.8 Å². The van der Waals surface area contributed by atoms with Gasteiger partial charge in [0.25, 0.3) is 0 Å². The summed E-state index contributed by atoms with van der Waals surface area (Å²) in [4.78, 5) is 13.6. The monoisotopic (exact) mass is 267 g/mol. The van der Waals surface area contributed by atoms with Crippen molar-refractivity contribution in [3.05, 3.63) is 34.6 Å². The van der Waals surface area contributed by atoms with E-state index in [4.69, 9.17) is 0 Å². The molecule has 0 aliphatic carbocycles. The minimum atomic E-state index is -1.25. The van der Waals surface area contributed by atoms with Crippen molar-refractivity contribution in [2.75, 3.05) is 12.5 Å². The van der Waals surface area contributed by atoms with Gasteiger partial charge in [-0.05, 0) is 35.6 Å². The zero-order valence-electron chi connectivity index (χ0n) is 9.89. The molecule has 0 fully saturated rings. The van der Waals surface area contributed by atoms with Crippen LogP contribution in [0.1, 0.15) is 0 Å². The first-order chi connectivity index (χ1) is 8.04. The first-order valence-corrected chi connectivity index (χ1v) is 7.83. The fourth-order valence-corrected chi connectivity index (χ4v) is 2.87. The highest BCUT2D eigenvalue weighted by Gasteiger charge is 2.14. The van der Waals surface area contributed by atoms with Crippen molar-refractivity contribution in [3.8, 4) is 0 Å².